The predicted octanol–water partition coefficient (Wildman–Crippen LogP) is 3.43. The highest BCUT2D eigenvalue weighted by Crippen LogP contribution is 2.22. The van der Waals surface area contributed by atoms with Crippen LogP contribution in [0.25, 0.3) is 0 Å². The Hall–Kier alpha value is -1.59. The minimum absolute atomic E-state index is 0.155. The van der Waals surface area contributed by atoms with Crippen molar-refractivity contribution in [3.8, 4) is 5.75 Å². The number of nitrogens with one attached hydrogen (secondary N) is 1. The smallest absolute Gasteiger partial charge is 0.270 e. The number of carbonyl (C=O) groups excluding carboxylic acids is 1. The van der Waals surface area contributed by atoms with E-state index in [4.69, 9.17) is 16.3 Å². The molecular weight excluding hydrogens is 296 g/mol. The molecule has 0 atom stereocenters. The summed E-state index contributed by atoms with van der Waals surface area (Å²) < 4.78 is 5.64. The van der Waals surface area contributed by atoms with E-state index in [9.17, 15) is 4.79 Å². The standard InChI is InChI=1S/C14H15ClN2O2S/c1-3-16-14(18)12-8-20-13(17-12)7-19-10-4-5-11(15)9(2)6-10/h4-6,8H,3,7H2,1-2H3,(H,16,18). The maximum Gasteiger partial charge on any atom is 0.270 e. The number of aromatic nitrogens is 1. The highest BCUT2D eigenvalue weighted by Gasteiger charge is 2.10. The van der Waals surface area contributed by atoms with Gasteiger partial charge in [-0.3, -0.25) is 4.79 Å². The molecule has 0 spiro atoms. The highest BCUT2D eigenvalue weighted by atomic mass is 35.5. The van der Waals surface area contributed by atoms with Gasteiger partial charge in [-0.05, 0) is 37.6 Å². The van der Waals surface area contributed by atoms with Crippen molar-refractivity contribution in [3.63, 3.8) is 0 Å². The van der Waals surface area contributed by atoms with Crippen molar-refractivity contribution in [2.24, 2.45) is 0 Å². The third kappa shape index (κ3) is 3.71. The molecule has 0 bridgehead atoms. The second kappa shape index (κ2) is 6.72. The Balaban J connectivity index is 1.97. The lowest BCUT2D eigenvalue weighted by atomic mass is 10.2. The average Bonchev–Trinajstić information content (AvgIpc) is 2.89. The van der Waals surface area contributed by atoms with Crippen molar-refractivity contribution in [2.75, 3.05) is 6.54 Å². The van der Waals surface area contributed by atoms with Crippen LogP contribution in [-0.2, 0) is 6.61 Å². The number of rotatable bonds is 5. The summed E-state index contributed by atoms with van der Waals surface area (Å²) in [6, 6.07) is 5.49. The van der Waals surface area contributed by atoms with Gasteiger partial charge in [0.15, 0.2) is 0 Å². The zero-order valence-corrected chi connectivity index (χ0v) is 12.8. The molecular formula is C14H15ClN2O2S. The molecule has 1 aromatic heterocycles. The van der Waals surface area contributed by atoms with Crippen LogP contribution >= 0.6 is 22.9 Å². The van der Waals surface area contributed by atoms with Gasteiger partial charge in [-0.25, -0.2) is 4.98 Å². The molecule has 1 aromatic carbocycles. The minimum Gasteiger partial charge on any atom is -0.486 e. The molecule has 20 heavy (non-hydrogen) atoms. The van der Waals surface area contributed by atoms with Gasteiger partial charge in [0.1, 0.15) is 23.1 Å². The van der Waals surface area contributed by atoms with Crippen LogP contribution in [0.15, 0.2) is 23.6 Å². The summed E-state index contributed by atoms with van der Waals surface area (Å²) in [5.41, 5.74) is 1.40. The number of amides is 1. The van der Waals surface area contributed by atoms with Crippen molar-refractivity contribution in [1.29, 1.82) is 0 Å². The molecule has 2 aromatic rings. The minimum atomic E-state index is -0.155. The third-order valence-electron chi connectivity index (χ3n) is 2.61. The molecule has 1 heterocycles. The Morgan fingerprint density at radius 3 is 3.00 bits per heavy atom. The fourth-order valence-corrected chi connectivity index (χ4v) is 2.39. The summed E-state index contributed by atoms with van der Waals surface area (Å²) in [7, 11) is 0. The van der Waals surface area contributed by atoms with Crippen molar-refractivity contribution in [2.45, 2.75) is 20.5 Å². The summed E-state index contributed by atoms with van der Waals surface area (Å²) in [4.78, 5) is 15.8. The van der Waals surface area contributed by atoms with Gasteiger partial charge in [-0.1, -0.05) is 11.6 Å². The first-order valence-electron chi connectivity index (χ1n) is 6.21. The van der Waals surface area contributed by atoms with Crippen molar-refractivity contribution in [3.05, 3.63) is 44.9 Å². The van der Waals surface area contributed by atoms with Gasteiger partial charge in [0.2, 0.25) is 0 Å². The quantitative estimate of drug-likeness (QED) is 0.920. The summed E-state index contributed by atoms with van der Waals surface area (Å²) in [6.07, 6.45) is 0. The zero-order valence-electron chi connectivity index (χ0n) is 11.3. The van der Waals surface area contributed by atoms with E-state index in [0.29, 0.717) is 23.9 Å². The number of halogens is 1. The summed E-state index contributed by atoms with van der Waals surface area (Å²) in [5.74, 6) is 0.582. The van der Waals surface area contributed by atoms with Gasteiger partial charge in [0.05, 0.1) is 0 Å². The molecule has 106 valence electrons. The summed E-state index contributed by atoms with van der Waals surface area (Å²) in [5, 5.41) is 5.92. The van der Waals surface area contributed by atoms with E-state index in [-0.39, 0.29) is 5.91 Å². The lowest BCUT2D eigenvalue weighted by Gasteiger charge is -2.05. The molecule has 0 aliphatic rings. The van der Waals surface area contributed by atoms with Crippen LogP contribution in [0.1, 0.15) is 28.0 Å². The molecule has 2 rings (SSSR count). The van der Waals surface area contributed by atoms with Crippen molar-refractivity contribution >= 4 is 28.8 Å². The van der Waals surface area contributed by atoms with E-state index in [1.165, 1.54) is 11.3 Å². The maximum absolute atomic E-state index is 11.6. The van der Waals surface area contributed by atoms with Gasteiger partial charge in [0, 0.05) is 16.9 Å². The van der Waals surface area contributed by atoms with Gasteiger partial charge in [-0.15, -0.1) is 11.3 Å². The van der Waals surface area contributed by atoms with E-state index in [1.807, 2.05) is 26.0 Å². The van der Waals surface area contributed by atoms with Crippen LogP contribution < -0.4 is 10.1 Å². The zero-order chi connectivity index (χ0) is 14.5. The molecule has 1 N–H and O–H groups in total. The first kappa shape index (κ1) is 14.8. The molecule has 4 nitrogen and oxygen atoms in total. The predicted molar refractivity (Wildman–Crippen MR) is 80.6 cm³/mol. The first-order valence-corrected chi connectivity index (χ1v) is 7.47. The number of ether oxygens (including phenoxy) is 1. The van der Waals surface area contributed by atoms with Crippen LogP contribution in [0.5, 0.6) is 5.75 Å². The summed E-state index contributed by atoms with van der Waals surface area (Å²) >= 11 is 7.36. The lowest BCUT2D eigenvalue weighted by molar-refractivity contribution is 0.0951. The number of nitrogens with zero attached hydrogens (tertiary/aromatic N) is 1. The number of carbonyl (C=O) groups is 1. The topological polar surface area (TPSA) is 51.2 Å². The normalized spacial score (nSPS) is 10.3. The molecule has 6 heteroatoms. The third-order valence-corrected chi connectivity index (χ3v) is 3.86. The SMILES string of the molecule is CCNC(=O)c1csc(COc2ccc(Cl)c(C)c2)n1. The summed E-state index contributed by atoms with van der Waals surface area (Å²) in [6.45, 7) is 4.72. The fourth-order valence-electron chi connectivity index (χ4n) is 1.58. The Kier molecular flexibility index (Phi) is 4.98. The molecule has 0 aliphatic heterocycles. The molecule has 0 unspecified atom stereocenters. The van der Waals surface area contributed by atoms with E-state index >= 15 is 0 Å². The lowest BCUT2D eigenvalue weighted by Crippen LogP contribution is -2.22. The monoisotopic (exact) mass is 310 g/mol. The molecule has 0 saturated carbocycles. The van der Waals surface area contributed by atoms with Crippen LogP contribution in [0, 0.1) is 6.92 Å². The van der Waals surface area contributed by atoms with E-state index < -0.39 is 0 Å². The van der Waals surface area contributed by atoms with Crippen LogP contribution in [0.3, 0.4) is 0 Å². The number of aryl methyl sites for hydroxylation is 1. The molecule has 0 fully saturated rings. The second-order valence-electron chi connectivity index (χ2n) is 4.19. The second-order valence-corrected chi connectivity index (χ2v) is 5.54. The van der Waals surface area contributed by atoms with Gasteiger partial charge in [-0.2, -0.15) is 0 Å². The molecule has 0 saturated heterocycles. The van der Waals surface area contributed by atoms with Crippen LogP contribution in [-0.4, -0.2) is 17.4 Å². The number of benzene rings is 1. The average molecular weight is 311 g/mol. The highest BCUT2D eigenvalue weighted by molar-refractivity contribution is 7.09. The Labute approximate surface area is 126 Å². The van der Waals surface area contributed by atoms with E-state index in [2.05, 4.69) is 10.3 Å². The Bertz CT molecular complexity index is 613. The maximum atomic E-state index is 11.6. The van der Waals surface area contributed by atoms with E-state index in [1.54, 1.807) is 11.4 Å². The largest absolute Gasteiger partial charge is 0.486 e. The van der Waals surface area contributed by atoms with Gasteiger partial charge >= 0.3 is 0 Å². The van der Waals surface area contributed by atoms with Crippen LogP contribution in [0.2, 0.25) is 5.02 Å². The molecule has 0 aliphatic carbocycles. The van der Waals surface area contributed by atoms with Gasteiger partial charge in [0.25, 0.3) is 5.91 Å². The van der Waals surface area contributed by atoms with Crippen LogP contribution in [0.4, 0.5) is 0 Å². The molecule has 0 radical (unpaired) electrons. The fraction of sp³-hybridized carbons (Fsp3) is 0.286. The Morgan fingerprint density at radius 1 is 1.50 bits per heavy atom. The first-order chi connectivity index (χ1) is 9.60. The van der Waals surface area contributed by atoms with Gasteiger partial charge < -0.3 is 10.1 Å². The number of hydrogen-bond donors (Lipinski definition) is 1. The van der Waals surface area contributed by atoms with Crippen molar-refractivity contribution < 1.29 is 9.53 Å². The number of thiazole rings is 1. The number of hydrogen-bond acceptors (Lipinski definition) is 4. The van der Waals surface area contributed by atoms with E-state index in [0.717, 1.165) is 16.3 Å². The Morgan fingerprint density at radius 2 is 2.30 bits per heavy atom. The van der Waals surface area contributed by atoms with Crippen molar-refractivity contribution in [1.82, 2.24) is 10.3 Å². The molecule has 1 amide bonds.